The smallest absolute Gasteiger partial charge is 0.115 e. The maximum Gasteiger partial charge on any atom is 0.115 e. The zero-order valence-electron chi connectivity index (χ0n) is 12.4. The van der Waals surface area contributed by atoms with Crippen molar-refractivity contribution in [1.82, 2.24) is 10.3 Å². The van der Waals surface area contributed by atoms with Crippen molar-refractivity contribution in [3.63, 3.8) is 0 Å². The Morgan fingerprint density at radius 1 is 1.26 bits per heavy atom. The molecule has 102 valence electrons. The minimum atomic E-state index is 0.198. The molecule has 0 aliphatic carbocycles. The molecule has 2 aromatic rings. The van der Waals surface area contributed by atoms with Crippen LogP contribution in [0.15, 0.2) is 18.2 Å². The molecule has 1 aromatic heterocycles. The molecule has 0 bridgehead atoms. The van der Waals surface area contributed by atoms with Crippen molar-refractivity contribution in [2.24, 2.45) is 0 Å². The van der Waals surface area contributed by atoms with Crippen LogP contribution in [0.25, 0.3) is 0 Å². The van der Waals surface area contributed by atoms with Crippen LogP contribution in [0.1, 0.15) is 45.2 Å². The molecule has 1 heterocycles. The van der Waals surface area contributed by atoms with Crippen LogP contribution in [0.4, 0.5) is 0 Å². The fourth-order valence-corrected chi connectivity index (χ4v) is 3.52. The van der Waals surface area contributed by atoms with Crippen LogP contribution in [0, 0.1) is 20.8 Å². The van der Waals surface area contributed by atoms with Crippen molar-refractivity contribution in [3.8, 4) is 0 Å². The summed E-state index contributed by atoms with van der Waals surface area (Å²) in [5.74, 6) is 0. The first-order chi connectivity index (χ1) is 9.06. The lowest BCUT2D eigenvalue weighted by Gasteiger charge is -2.17. The summed E-state index contributed by atoms with van der Waals surface area (Å²) in [5.41, 5.74) is 5.17. The van der Waals surface area contributed by atoms with Gasteiger partial charge in [-0.25, -0.2) is 4.98 Å². The average molecular weight is 274 g/mol. The minimum absolute atomic E-state index is 0.198. The number of thiazole rings is 1. The van der Waals surface area contributed by atoms with E-state index in [0.29, 0.717) is 0 Å². The summed E-state index contributed by atoms with van der Waals surface area (Å²) in [5, 5.41) is 4.59. The highest BCUT2D eigenvalue weighted by molar-refractivity contribution is 7.11. The highest BCUT2D eigenvalue weighted by atomic mass is 32.1. The second-order valence-corrected chi connectivity index (χ2v) is 6.23. The summed E-state index contributed by atoms with van der Waals surface area (Å²) < 4.78 is 0. The molecule has 19 heavy (non-hydrogen) atoms. The Balaban J connectivity index is 2.46. The fourth-order valence-electron chi connectivity index (χ4n) is 2.38. The fraction of sp³-hybridized carbons (Fsp3) is 0.438. The van der Waals surface area contributed by atoms with Crippen LogP contribution in [0.5, 0.6) is 0 Å². The summed E-state index contributed by atoms with van der Waals surface area (Å²) in [4.78, 5) is 6.14. The lowest BCUT2D eigenvalue weighted by molar-refractivity contribution is 0.679. The van der Waals surface area contributed by atoms with Gasteiger partial charge in [-0.3, -0.25) is 0 Å². The number of aryl methyl sites for hydroxylation is 4. The Morgan fingerprint density at radius 2 is 2.00 bits per heavy atom. The molecule has 0 saturated carbocycles. The normalized spacial score (nSPS) is 12.7. The van der Waals surface area contributed by atoms with E-state index in [4.69, 9.17) is 4.98 Å². The molecule has 2 nitrogen and oxygen atoms in total. The molecular formula is C16H22N2S. The Bertz CT molecular complexity index is 572. The van der Waals surface area contributed by atoms with E-state index in [1.165, 1.54) is 32.3 Å². The first-order valence-corrected chi connectivity index (χ1v) is 7.59. The maximum absolute atomic E-state index is 4.80. The molecular weight excluding hydrogens is 252 g/mol. The number of hydrogen-bond acceptors (Lipinski definition) is 3. The lowest BCUT2D eigenvalue weighted by Crippen LogP contribution is -2.18. The number of nitrogens with zero attached hydrogens (tertiary/aromatic N) is 1. The molecule has 2 rings (SSSR count). The predicted molar refractivity (Wildman–Crippen MR) is 83.0 cm³/mol. The van der Waals surface area contributed by atoms with Gasteiger partial charge in [0.25, 0.3) is 0 Å². The van der Waals surface area contributed by atoms with Crippen LogP contribution in [-0.2, 0) is 6.42 Å². The van der Waals surface area contributed by atoms with E-state index in [-0.39, 0.29) is 6.04 Å². The van der Waals surface area contributed by atoms with Crippen molar-refractivity contribution >= 4 is 11.3 Å². The quantitative estimate of drug-likeness (QED) is 0.913. The van der Waals surface area contributed by atoms with E-state index in [1.807, 2.05) is 18.4 Å². The summed E-state index contributed by atoms with van der Waals surface area (Å²) in [6, 6.07) is 6.81. The molecule has 1 unspecified atom stereocenters. The van der Waals surface area contributed by atoms with Crippen LogP contribution >= 0.6 is 11.3 Å². The Kier molecular flexibility index (Phi) is 4.38. The summed E-state index contributed by atoms with van der Waals surface area (Å²) in [6.45, 7) is 8.63. The van der Waals surface area contributed by atoms with Gasteiger partial charge < -0.3 is 5.32 Å². The largest absolute Gasteiger partial charge is 0.307 e. The molecule has 0 radical (unpaired) electrons. The van der Waals surface area contributed by atoms with E-state index in [9.17, 15) is 0 Å². The molecule has 1 N–H and O–H groups in total. The van der Waals surface area contributed by atoms with Crippen LogP contribution in [-0.4, -0.2) is 12.0 Å². The van der Waals surface area contributed by atoms with E-state index >= 15 is 0 Å². The van der Waals surface area contributed by atoms with Crippen molar-refractivity contribution in [3.05, 3.63) is 50.5 Å². The van der Waals surface area contributed by atoms with Crippen molar-refractivity contribution in [1.29, 1.82) is 0 Å². The lowest BCUT2D eigenvalue weighted by atomic mass is 9.99. The number of hydrogen-bond donors (Lipinski definition) is 1. The van der Waals surface area contributed by atoms with Gasteiger partial charge in [0.15, 0.2) is 0 Å². The van der Waals surface area contributed by atoms with E-state index in [0.717, 1.165) is 6.42 Å². The third-order valence-electron chi connectivity index (χ3n) is 3.53. The van der Waals surface area contributed by atoms with Crippen molar-refractivity contribution in [2.75, 3.05) is 7.05 Å². The number of aromatic nitrogens is 1. The van der Waals surface area contributed by atoms with Crippen LogP contribution in [0.3, 0.4) is 0 Å². The third kappa shape index (κ3) is 2.88. The zero-order chi connectivity index (χ0) is 14.0. The highest BCUT2D eigenvalue weighted by Crippen LogP contribution is 2.30. The molecule has 0 fully saturated rings. The van der Waals surface area contributed by atoms with E-state index in [1.54, 1.807) is 0 Å². The number of benzene rings is 1. The first kappa shape index (κ1) is 14.2. The van der Waals surface area contributed by atoms with Crippen molar-refractivity contribution in [2.45, 2.75) is 40.2 Å². The minimum Gasteiger partial charge on any atom is -0.307 e. The van der Waals surface area contributed by atoms with E-state index in [2.05, 4.69) is 51.2 Å². The molecule has 1 atom stereocenters. The second kappa shape index (κ2) is 5.85. The summed E-state index contributed by atoms with van der Waals surface area (Å²) >= 11 is 1.81. The third-order valence-corrected chi connectivity index (χ3v) is 4.60. The van der Waals surface area contributed by atoms with Gasteiger partial charge in [-0.05, 0) is 45.4 Å². The Morgan fingerprint density at radius 3 is 2.58 bits per heavy atom. The number of nitrogens with one attached hydrogen (secondary N) is 1. The molecule has 0 spiro atoms. The molecule has 0 amide bonds. The van der Waals surface area contributed by atoms with Gasteiger partial charge in [0.1, 0.15) is 5.01 Å². The Hall–Kier alpha value is -1.19. The van der Waals surface area contributed by atoms with Crippen molar-refractivity contribution < 1.29 is 0 Å². The second-order valence-electron chi connectivity index (χ2n) is 4.99. The van der Waals surface area contributed by atoms with E-state index < -0.39 is 0 Å². The summed E-state index contributed by atoms with van der Waals surface area (Å²) in [7, 11) is 2.01. The van der Waals surface area contributed by atoms with Gasteiger partial charge in [-0.2, -0.15) is 0 Å². The molecule has 0 aliphatic heterocycles. The topological polar surface area (TPSA) is 24.9 Å². The van der Waals surface area contributed by atoms with Gasteiger partial charge in [-0.1, -0.05) is 30.7 Å². The van der Waals surface area contributed by atoms with Gasteiger partial charge >= 0.3 is 0 Å². The molecule has 1 aromatic carbocycles. The van der Waals surface area contributed by atoms with Gasteiger partial charge in [0.2, 0.25) is 0 Å². The highest BCUT2D eigenvalue weighted by Gasteiger charge is 2.19. The predicted octanol–water partition coefficient (Wildman–Crippen LogP) is 3.94. The Labute approximate surface area is 119 Å². The molecule has 3 heteroatoms. The molecule has 0 saturated heterocycles. The van der Waals surface area contributed by atoms with Gasteiger partial charge in [0, 0.05) is 4.88 Å². The van der Waals surface area contributed by atoms with Crippen LogP contribution < -0.4 is 5.32 Å². The zero-order valence-corrected chi connectivity index (χ0v) is 13.2. The van der Waals surface area contributed by atoms with Gasteiger partial charge in [0.05, 0.1) is 11.7 Å². The number of rotatable bonds is 4. The molecule has 0 aliphatic rings. The monoisotopic (exact) mass is 274 g/mol. The SMILES string of the molecule is CCc1nc(C(NC)c2cc(C)ccc2C)sc1C. The maximum atomic E-state index is 4.80. The van der Waals surface area contributed by atoms with Gasteiger partial charge in [-0.15, -0.1) is 11.3 Å². The first-order valence-electron chi connectivity index (χ1n) is 6.77. The standard InChI is InChI=1S/C16H22N2S/c1-6-14-12(4)19-16(18-14)15(17-5)13-9-10(2)7-8-11(13)3/h7-9,15,17H,6H2,1-5H3. The summed E-state index contributed by atoms with van der Waals surface area (Å²) in [6.07, 6.45) is 1.01. The average Bonchev–Trinajstić information content (AvgIpc) is 2.75. The van der Waals surface area contributed by atoms with Crippen LogP contribution in [0.2, 0.25) is 0 Å².